The number of hydrogen-bond donors (Lipinski definition) is 1. The number of halogens is 1. The van der Waals surface area contributed by atoms with Gasteiger partial charge in [-0.05, 0) is 38.1 Å². The van der Waals surface area contributed by atoms with E-state index in [0.29, 0.717) is 22.0 Å². The highest BCUT2D eigenvalue weighted by molar-refractivity contribution is 6.33. The summed E-state index contributed by atoms with van der Waals surface area (Å²) < 4.78 is 7.26. The second-order valence-electron chi connectivity index (χ2n) is 6.45. The van der Waals surface area contributed by atoms with Crippen molar-refractivity contribution in [2.24, 2.45) is 5.10 Å². The van der Waals surface area contributed by atoms with Crippen molar-refractivity contribution >= 4 is 29.4 Å². The van der Waals surface area contributed by atoms with E-state index in [1.54, 1.807) is 30.3 Å². The molecule has 0 fully saturated rings. The molecule has 154 valence electrons. The summed E-state index contributed by atoms with van der Waals surface area (Å²) in [5.41, 5.74) is 5.88. The van der Waals surface area contributed by atoms with Crippen LogP contribution in [0.25, 0.3) is 5.69 Å². The number of nitrogens with zero attached hydrogens (tertiary/aromatic N) is 3. The Labute approximate surface area is 177 Å². The summed E-state index contributed by atoms with van der Waals surface area (Å²) in [4.78, 5) is 22.8. The highest BCUT2D eigenvalue weighted by Gasteiger charge is 2.17. The van der Waals surface area contributed by atoms with Crippen LogP contribution in [-0.2, 0) is 0 Å². The number of non-ortho nitro benzene ring substituents is 1. The van der Waals surface area contributed by atoms with Gasteiger partial charge in [-0.2, -0.15) is 5.10 Å². The van der Waals surface area contributed by atoms with Crippen molar-refractivity contribution in [3.05, 3.63) is 86.2 Å². The number of carbonyl (C=O) groups is 1. The Kier molecular flexibility index (Phi) is 6.17. The van der Waals surface area contributed by atoms with E-state index in [1.807, 2.05) is 24.5 Å². The van der Waals surface area contributed by atoms with Gasteiger partial charge in [-0.3, -0.25) is 14.9 Å². The summed E-state index contributed by atoms with van der Waals surface area (Å²) in [6, 6.07) is 13.0. The van der Waals surface area contributed by atoms with Gasteiger partial charge in [-0.15, -0.1) is 0 Å². The van der Waals surface area contributed by atoms with Crippen LogP contribution in [0.4, 0.5) is 5.69 Å². The van der Waals surface area contributed by atoms with E-state index < -0.39 is 10.8 Å². The Bertz CT molecular complexity index is 1150. The second-order valence-corrected chi connectivity index (χ2v) is 6.86. The fourth-order valence-electron chi connectivity index (χ4n) is 3.12. The van der Waals surface area contributed by atoms with Crippen LogP contribution >= 0.6 is 11.6 Å². The van der Waals surface area contributed by atoms with Gasteiger partial charge >= 0.3 is 0 Å². The summed E-state index contributed by atoms with van der Waals surface area (Å²) in [6.45, 7) is 3.78. The lowest BCUT2D eigenvalue weighted by Crippen LogP contribution is -2.18. The standard InChI is InChI=1S/C21H19ClN4O4/c1-13-10-15(12-23-24-21(27)17-6-4-5-7-18(17)22)14(2)25(13)19-9-8-16(26(28)29)11-20(19)30-3/h4-12H,1-3H3,(H,24,27)/b23-12-. The van der Waals surface area contributed by atoms with Gasteiger partial charge in [0.25, 0.3) is 11.6 Å². The van der Waals surface area contributed by atoms with Gasteiger partial charge in [0.2, 0.25) is 0 Å². The van der Waals surface area contributed by atoms with E-state index in [1.165, 1.54) is 25.5 Å². The highest BCUT2D eigenvalue weighted by Crippen LogP contribution is 2.31. The molecule has 8 nitrogen and oxygen atoms in total. The Balaban J connectivity index is 1.88. The number of aromatic nitrogens is 1. The van der Waals surface area contributed by atoms with Crippen LogP contribution < -0.4 is 10.2 Å². The summed E-state index contributed by atoms with van der Waals surface area (Å²) in [6.07, 6.45) is 1.53. The van der Waals surface area contributed by atoms with Gasteiger partial charge in [0.05, 0.1) is 40.6 Å². The summed E-state index contributed by atoms with van der Waals surface area (Å²) >= 11 is 6.02. The fourth-order valence-corrected chi connectivity index (χ4v) is 3.34. The molecule has 0 saturated carbocycles. The Morgan fingerprint density at radius 3 is 2.63 bits per heavy atom. The lowest BCUT2D eigenvalue weighted by molar-refractivity contribution is -0.384. The Hall–Kier alpha value is -3.65. The monoisotopic (exact) mass is 426 g/mol. The van der Waals surface area contributed by atoms with Gasteiger partial charge in [-0.25, -0.2) is 5.43 Å². The number of aryl methyl sites for hydroxylation is 1. The van der Waals surface area contributed by atoms with Gasteiger partial charge in [0, 0.05) is 23.0 Å². The van der Waals surface area contributed by atoms with Gasteiger partial charge in [0.1, 0.15) is 5.75 Å². The zero-order valence-corrected chi connectivity index (χ0v) is 17.3. The van der Waals surface area contributed by atoms with Crippen LogP contribution in [0.15, 0.2) is 53.6 Å². The van der Waals surface area contributed by atoms with E-state index in [9.17, 15) is 14.9 Å². The van der Waals surface area contributed by atoms with E-state index in [4.69, 9.17) is 16.3 Å². The number of nitro groups is 1. The van der Waals surface area contributed by atoms with Crippen molar-refractivity contribution in [2.45, 2.75) is 13.8 Å². The van der Waals surface area contributed by atoms with Gasteiger partial charge in [0.15, 0.2) is 0 Å². The fraction of sp³-hybridized carbons (Fsp3) is 0.143. The largest absolute Gasteiger partial charge is 0.494 e. The van der Waals surface area contributed by atoms with Crippen molar-refractivity contribution in [2.75, 3.05) is 7.11 Å². The molecule has 0 unspecified atom stereocenters. The molecular weight excluding hydrogens is 408 g/mol. The summed E-state index contributed by atoms with van der Waals surface area (Å²) in [7, 11) is 1.46. The van der Waals surface area contributed by atoms with E-state index in [-0.39, 0.29) is 5.69 Å². The third kappa shape index (κ3) is 4.18. The number of nitro benzene ring substituents is 1. The van der Waals surface area contributed by atoms with Crippen molar-refractivity contribution in [3.8, 4) is 11.4 Å². The number of carbonyl (C=O) groups excluding carboxylic acids is 1. The molecule has 0 bridgehead atoms. The number of nitrogens with one attached hydrogen (secondary N) is 1. The van der Waals surface area contributed by atoms with Crippen molar-refractivity contribution in [1.82, 2.24) is 9.99 Å². The summed E-state index contributed by atoms with van der Waals surface area (Å²) in [5.74, 6) is -0.0378. The maximum Gasteiger partial charge on any atom is 0.273 e. The molecule has 0 atom stereocenters. The number of hydrazone groups is 1. The Morgan fingerprint density at radius 2 is 1.97 bits per heavy atom. The number of benzene rings is 2. The number of hydrogen-bond acceptors (Lipinski definition) is 5. The molecule has 9 heteroatoms. The normalized spacial score (nSPS) is 10.9. The molecule has 0 aliphatic carbocycles. The average molecular weight is 427 g/mol. The van der Waals surface area contributed by atoms with Gasteiger partial charge in [-0.1, -0.05) is 23.7 Å². The second kappa shape index (κ2) is 8.79. The quantitative estimate of drug-likeness (QED) is 0.358. The maximum absolute atomic E-state index is 12.2. The summed E-state index contributed by atoms with van der Waals surface area (Å²) in [5, 5.41) is 15.4. The van der Waals surface area contributed by atoms with E-state index in [2.05, 4.69) is 10.5 Å². The molecule has 1 aromatic heterocycles. The first-order valence-corrected chi connectivity index (χ1v) is 9.31. The molecule has 3 aromatic rings. The smallest absolute Gasteiger partial charge is 0.273 e. The zero-order chi connectivity index (χ0) is 21.8. The van der Waals surface area contributed by atoms with Crippen LogP contribution in [-0.4, -0.2) is 28.7 Å². The molecule has 0 spiro atoms. The molecule has 3 rings (SSSR count). The molecule has 1 amide bonds. The predicted octanol–water partition coefficient (Wildman–Crippen LogP) is 4.43. The minimum atomic E-state index is -0.471. The molecule has 30 heavy (non-hydrogen) atoms. The predicted molar refractivity (Wildman–Crippen MR) is 115 cm³/mol. The molecule has 0 saturated heterocycles. The van der Waals surface area contributed by atoms with Crippen LogP contribution in [0.1, 0.15) is 27.3 Å². The maximum atomic E-state index is 12.2. The highest BCUT2D eigenvalue weighted by atomic mass is 35.5. The minimum Gasteiger partial charge on any atom is -0.494 e. The lowest BCUT2D eigenvalue weighted by atomic mass is 10.2. The molecule has 2 aromatic carbocycles. The van der Waals surface area contributed by atoms with Crippen LogP contribution in [0.2, 0.25) is 5.02 Å². The average Bonchev–Trinajstić information content (AvgIpc) is 3.00. The van der Waals surface area contributed by atoms with Crippen LogP contribution in [0.3, 0.4) is 0 Å². The van der Waals surface area contributed by atoms with E-state index >= 15 is 0 Å². The third-order valence-corrected chi connectivity index (χ3v) is 4.90. The van der Waals surface area contributed by atoms with Crippen LogP contribution in [0, 0.1) is 24.0 Å². The first-order chi connectivity index (χ1) is 14.3. The topological polar surface area (TPSA) is 98.8 Å². The van der Waals surface area contributed by atoms with Crippen LogP contribution in [0.5, 0.6) is 5.75 Å². The molecule has 0 aliphatic heterocycles. The van der Waals surface area contributed by atoms with E-state index in [0.717, 1.165) is 17.0 Å². The number of rotatable bonds is 6. The number of methoxy groups -OCH3 is 1. The van der Waals surface area contributed by atoms with Crippen molar-refractivity contribution in [3.63, 3.8) is 0 Å². The molecular formula is C21H19ClN4O4. The van der Waals surface area contributed by atoms with Crippen molar-refractivity contribution in [1.29, 1.82) is 0 Å². The molecule has 1 heterocycles. The van der Waals surface area contributed by atoms with Crippen molar-refractivity contribution < 1.29 is 14.5 Å². The third-order valence-electron chi connectivity index (χ3n) is 4.57. The molecule has 0 aliphatic rings. The zero-order valence-electron chi connectivity index (χ0n) is 16.5. The number of ether oxygens (including phenoxy) is 1. The lowest BCUT2D eigenvalue weighted by Gasteiger charge is -2.13. The molecule has 0 radical (unpaired) electrons. The number of amides is 1. The SMILES string of the molecule is COc1cc([N+](=O)[O-])ccc1-n1c(C)cc(/C=N\NC(=O)c2ccccc2Cl)c1C. The van der Waals surface area contributed by atoms with Gasteiger partial charge < -0.3 is 9.30 Å². The molecule has 1 N–H and O–H groups in total. The first-order valence-electron chi connectivity index (χ1n) is 8.93. The minimum absolute atomic E-state index is 0.0536. The Morgan fingerprint density at radius 1 is 1.23 bits per heavy atom. The first kappa shape index (κ1) is 21.1.